The summed E-state index contributed by atoms with van der Waals surface area (Å²) in [6, 6.07) is 42.2. The summed E-state index contributed by atoms with van der Waals surface area (Å²) in [4.78, 5) is 23.2. The van der Waals surface area contributed by atoms with Crippen LogP contribution in [0.15, 0.2) is 161 Å². The van der Waals surface area contributed by atoms with Gasteiger partial charge in [-0.15, -0.1) is 0 Å². The number of benzene rings is 8. The van der Waals surface area contributed by atoms with Crippen molar-refractivity contribution in [3.63, 3.8) is 0 Å². The molecule has 0 aromatic heterocycles. The first-order chi connectivity index (χ1) is 37.8. The molecule has 394 valence electrons. The van der Waals surface area contributed by atoms with Crippen molar-refractivity contribution >= 4 is 94.1 Å². The second-order valence-electron chi connectivity index (χ2n) is 19.3. The van der Waals surface area contributed by atoms with Crippen molar-refractivity contribution in [2.24, 2.45) is 15.3 Å². The maximum Gasteiger partial charge on any atom is 0.269 e. The zero-order valence-corrected chi connectivity index (χ0v) is 44.9. The summed E-state index contributed by atoms with van der Waals surface area (Å²) in [6.07, 6.45) is 15.6. The lowest BCUT2D eigenvalue weighted by Crippen LogP contribution is -1.93. The second kappa shape index (κ2) is 24.2. The molecule has 0 bridgehead atoms. The first-order valence-corrected chi connectivity index (χ1v) is 25.2. The molecular formula is C64H56N8O7. The predicted molar refractivity (Wildman–Crippen MR) is 315 cm³/mol. The maximum absolute atomic E-state index is 13.3. The third-order valence-corrected chi connectivity index (χ3v) is 13.5. The van der Waals surface area contributed by atoms with Crippen LogP contribution in [0.2, 0.25) is 0 Å². The van der Waals surface area contributed by atoms with Crippen LogP contribution in [0.3, 0.4) is 0 Å². The summed E-state index contributed by atoms with van der Waals surface area (Å²) >= 11 is 0. The minimum atomic E-state index is -0.414. The van der Waals surface area contributed by atoms with Crippen molar-refractivity contribution in [2.75, 3.05) is 0 Å². The van der Waals surface area contributed by atoms with E-state index >= 15 is 0 Å². The molecule has 0 fully saturated rings. The van der Waals surface area contributed by atoms with Crippen LogP contribution in [-0.2, 0) is 0 Å². The van der Waals surface area contributed by atoms with Gasteiger partial charge in [0.15, 0.2) is 0 Å². The third kappa shape index (κ3) is 13.8. The number of nitro groups is 2. The topological polar surface area (TPSA) is 202 Å². The lowest BCUT2D eigenvalue weighted by atomic mass is 10.0. The quantitative estimate of drug-likeness (QED) is 0.0301. The molecule has 0 heterocycles. The Morgan fingerprint density at radius 3 is 0.633 bits per heavy atom. The molecule has 0 saturated carbocycles. The third-order valence-electron chi connectivity index (χ3n) is 13.5. The van der Waals surface area contributed by atoms with Gasteiger partial charge in [-0.25, -0.2) is 0 Å². The SMILES string of the molecule is Cc1cc(N=[N+]([O-])c2ccc(C=Cc3ccc([N+](=O)[O-])cc3C)c(C)c2)ccc1C=Cc1ccc(/N=[N+](/[O-])c2ccc(C=Cc3ccc(N=[N+]([O-])c4ccc(C=Cc5ccc([N+](=O)[O-])cc5C)c(C)c4)cc3C)c(C)c2)cc1C. The monoisotopic (exact) mass is 1050 g/mol. The summed E-state index contributed by atoms with van der Waals surface area (Å²) < 4.78 is 0. The van der Waals surface area contributed by atoms with E-state index in [1.807, 2.05) is 159 Å². The van der Waals surface area contributed by atoms with Crippen molar-refractivity contribution in [2.45, 2.75) is 55.4 Å². The van der Waals surface area contributed by atoms with Crippen LogP contribution in [0.5, 0.6) is 0 Å². The highest BCUT2D eigenvalue weighted by molar-refractivity contribution is 5.77. The Labute approximate surface area is 457 Å². The molecule has 0 atom stereocenters. The summed E-state index contributed by atoms with van der Waals surface area (Å²) in [5, 5.41) is 74.7. The van der Waals surface area contributed by atoms with Gasteiger partial charge in [0.05, 0.1) is 9.85 Å². The first kappa shape index (κ1) is 55.0. The Balaban J connectivity index is 0.860. The largest absolute Gasteiger partial charge is 0.594 e. The van der Waals surface area contributed by atoms with Crippen molar-refractivity contribution in [1.29, 1.82) is 0 Å². The number of aryl methyl sites for hydroxylation is 8. The van der Waals surface area contributed by atoms with Crippen LogP contribution in [-0.4, -0.2) is 24.4 Å². The number of nitro benzene ring substituents is 2. The molecule has 15 nitrogen and oxygen atoms in total. The van der Waals surface area contributed by atoms with Crippen molar-refractivity contribution in [1.82, 2.24) is 0 Å². The van der Waals surface area contributed by atoms with Crippen LogP contribution in [0.4, 0.5) is 45.5 Å². The summed E-state index contributed by atoms with van der Waals surface area (Å²) in [7, 11) is 0. The zero-order valence-electron chi connectivity index (χ0n) is 44.9. The van der Waals surface area contributed by atoms with Gasteiger partial charge in [-0.05, 0) is 211 Å². The van der Waals surface area contributed by atoms with Gasteiger partial charge in [0, 0.05) is 76.0 Å². The second-order valence-corrected chi connectivity index (χ2v) is 19.3. The van der Waals surface area contributed by atoms with E-state index in [0.717, 1.165) is 89.0 Å². The van der Waals surface area contributed by atoms with Gasteiger partial charge in [0.1, 0.15) is 17.1 Å². The summed E-state index contributed by atoms with van der Waals surface area (Å²) in [5.74, 6) is 0. The molecule has 8 aromatic carbocycles. The van der Waals surface area contributed by atoms with Crippen LogP contribution in [0.25, 0.3) is 48.6 Å². The van der Waals surface area contributed by atoms with E-state index in [0.29, 0.717) is 48.7 Å². The van der Waals surface area contributed by atoms with E-state index in [9.17, 15) is 35.9 Å². The van der Waals surface area contributed by atoms with E-state index in [1.165, 1.54) is 12.1 Å². The molecule has 0 saturated heterocycles. The Bertz CT molecular complexity index is 3940. The Kier molecular flexibility index (Phi) is 16.8. The average Bonchev–Trinajstić information content (AvgIpc) is 3.40. The number of azo groups is 3. The number of hydrogen-bond donors (Lipinski definition) is 0. The van der Waals surface area contributed by atoms with Gasteiger partial charge in [-0.1, -0.05) is 81.4 Å². The van der Waals surface area contributed by atoms with Gasteiger partial charge >= 0.3 is 0 Å². The molecule has 0 aliphatic rings. The Morgan fingerprint density at radius 1 is 0.266 bits per heavy atom. The molecule has 0 spiro atoms. The van der Waals surface area contributed by atoms with Crippen LogP contribution in [0, 0.1) is 91.2 Å². The average molecular weight is 1050 g/mol. The normalized spacial score (nSPS) is 12.4. The highest BCUT2D eigenvalue weighted by Crippen LogP contribution is 2.30. The van der Waals surface area contributed by atoms with Crippen molar-refractivity contribution < 1.29 is 24.4 Å². The summed E-state index contributed by atoms with van der Waals surface area (Å²) in [6.45, 7) is 15.3. The fourth-order valence-corrected chi connectivity index (χ4v) is 8.75. The van der Waals surface area contributed by atoms with E-state index in [-0.39, 0.29) is 11.4 Å². The van der Waals surface area contributed by atoms with E-state index in [4.69, 9.17) is 0 Å². The highest BCUT2D eigenvalue weighted by atomic mass is 16.6. The maximum atomic E-state index is 13.3. The van der Waals surface area contributed by atoms with Crippen LogP contribution in [0.1, 0.15) is 89.0 Å². The van der Waals surface area contributed by atoms with E-state index in [2.05, 4.69) is 15.3 Å². The first-order valence-electron chi connectivity index (χ1n) is 25.2. The van der Waals surface area contributed by atoms with Crippen LogP contribution < -0.4 is 0 Å². The van der Waals surface area contributed by atoms with Gasteiger partial charge in [0.25, 0.3) is 11.4 Å². The zero-order chi connectivity index (χ0) is 56.5. The molecule has 0 aliphatic heterocycles. The molecule has 8 rings (SSSR count). The van der Waals surface area contributed by atoms with Gasteiger partial charge < -0.3 is 15.6 Å². The number of hydrogen-bond acceptors (Lipinski definition) is 10. The van der Waals surface area contributed by atoms with Crippen molar-refractivity contribution in [3.8, 4) is 0 Å². The lowest BCUT2D eigenvalue weighted by molar-refractivity contribution is -0.435. The van der Waals surface area contributed by atoms with Gasteiger partial charge in [0.2, 0.25) is 17.1 Å². The fraction of sp³-hybridized carbons (Fsp3) is 0.125. The molecular weight excluding hydrogens is 993 g/mol. The Morgan fingerprint density at radius 2 is 0.443 bits per heavy atom. The standard InChI is InChI=1S/C64H56N8O7/c1-41-33-57(25-17-49(41)9-10-50-18-26-58(34-42(50)2)66-69(74)61-29-21-53(45(5)37-61)13-15-55-23-31-63(71(76)77)39-47(55)7)65-68(73)60-28-20-52(44(4)36-60)12-11-51-19-27-59(35-43(51)3)67-70(75)62-30-22-54(46(6)38-62)14-16-56-24-32-64(72(78)79)40-48(56)8/h9-40H,1-8H3/b10-9?,12-11?,15-13?,16-14?,68-65+,69-66?,70-67?. The minimum Gasteiger partial charge on any atom is -0.594 e. The minimum absolute atomic E-state index is 0.0449. The fourth-order valence-electron chi connectivity index (χ4n) is 8.75. The lowest BCUT2D eigenvalue weighted by Gasteiger charge is -2.07. The molecule has 8 aromatic rings. The molecule has 0 aliphatic carbocycles. The number of rotatable bonds is 16. The molecule has 15 heteroatoms. The molecule has 0 unspecified atom stereocenters. The van der Waals surface area contributed by atoms with Gasteiger partial charge in [-0.3, -0.25) is 20.2 Å². The summed E-state index contributed by atoms with van der Waals surface area (Å²) in [5.41, 5.74) is 17.0. The molecule has 0 N–H and O–H groups in total. The van der Waals surface area contributed by atoms with Crippen LogP contribution >= 0.6 is 0 Å². The molecule has 0 radical (unpaired) electrons. The van der Waals surface area contributed by atoms with Gasteiger partial charge in [-0.2, -0.15) is 0 Å². The van der Waals surface area contributed by atoms with E-state index < -0.39 is 9.85 Å². The molecule has 79 heavy (non-hydrogen) atoms. The predicted octanol–water partition coefficient (Wildman–Crippen LogP) is 18.4. The van der Waals surface area contributed by atoms with Crippen molar-refractivity contribution in [3.05, 3.63) is 270 Å². The Hall–Kier alpha value is -10.3. The van der Waals surface area contributed by atoms with E-state index in [1.54, 1.807) is 78.9 Å². The molecule has 0 amide bonds. The smallest absolute Gasteiger partial charge is 0.269 e. The number of non-ortho nitro benzene ring substituents is 2. The highest BCUT2D eigenvalue weighted by Gasteiger charge is 2.14. The number of nitrogens with zero attached hydrogens (tertiary/aromatic N) is 8.